The number of rotatable bonds is 1. The molecule has 0 aromatic heterocycles. The molecule has 0 atom stereocenters. The molecule has 6 nitrogen and oxygen atoms in total. The first-order chi connectivity index (χ1) is 5.47. The van der Waals surface area contributed by atoms with Crippen LogP contribution in [0.2, 0.25) is 0 Å². The second-order valence-electron chi connectivity index (χ2n) is 1.36. The highest BCUT2D eigenvalue weighted by molar-refractivity contribution is 5.84. The van der Waals surface area contributed by atoms with Crippen LogP contribution >= 0.6 is 0 Å². The van der Waals surface area contributed by atoms with E-state index in [9.17, 15) is 4.79 Å². The van der Waals surface area contributed by atoms with Crippen LogP contribution < -0.4 is 11.5 Å². The van der Waals surface area contributed by atoms with Crippen LogP contribution in [-0.2, 0) is 14.4 Å². The van der Waals surface area contributed by atoms with Crippen molar-refractivity contribution < 1.29 is 19.5 Å². The molecule has 0 saturated heterocycles. The molecule has 70 valence electrons. The molecule has 12 heavy (non-hydrogen) atoms. The van der Waals surface area contributed by atoms with E-state index < -0.39 is 5.97 Å². The smallest absolute Gasteiger partial charge is 0.330 e. The summed E-state index contributed by atoms with van der Waals surface area (Å²) in [7, 11) is 0. The number of hydrogen-bond donors (Lipinski definition) is 3. The SMILES string of the molecule is C=C(C)C(=O)O.NC=O.NC=O. The summed E-state index contributed by atoms with van der Waals surface area (Å²) >= 11 is 0. The van der Waals surface area contributed by atoms with Gasteiger partial charge in [0, 0.05) is 5.57 Å². The van der Waals surface area contributed by atoms with Gasteiger partial charge in [-0.1, -0.05) is 6.58 Å². The van der Waals surface area contributed by atoms with Gasteiger partial charge in [0.05, 0.1) is 0 Å². The van der Waals surface area contributed by atoms with Gasteiger partial charge in [0.2, 0.25) is 12.8 Å². The summed E-state index contributed by atoms with van der Waals surface area (Å²) in [5.74, 6) is -0.935. The average Bonchev–Trinajstić information content (AvgIpc) is 1.90. The molecular formula is C6H12N2O4. The van der Waals surface area contributed by atoms with Crippen LogP contribution in [-0.4, -0.2) is 23.9 Å². The van der Waals surface area contributed by atoms with Crippen molar-refractivity contribution in [1.82, 2.24) is 0 Å². The Morgan fingerprint density at radius 3 is 1.42 bits per heavy atom. The van der Waals surface area contributed by atoms with Gasteiger partial charge in [-0.25, -0.2) is 4.79 Å². The highest BCUT2D eigenvalue weighted by Gasteiger charge is 1.90. The Labute approximate surface area is 69.8 Å². The third-order valence-electron chi connectivity index (χ3n) is 0.365. The van der Waals surface area contributed by atoms with E-state index in [1.165, 1.54) is 6.92 Å². The molecule has 5 N–H and O–H groups in total. The molecule has 0 spiro atoms. The normalized spacial score (nSPS) is 5.75. The van der Waals surface area contributed by atoms with Crippen LogP contribution in [0.4, 0.5) is 0 Å². The first-order valence-electron chi connectivity index (χ1n) is 2.67. The number of amides is 2. The van der Waals surface area contributed by atoms with Crippen molar-refractivity contribution in [2.24, 2.45) is 11.5 Å². The molecule has 0 fully saturated rings. The number of primary amides is 2. The third-order valence-corrected chi connectivity index (χ3v) is 0.365. The molecule has 6 heteroatoms. The maximum Gasteiger partial charge on any atom is 0.330 e. The molecule has 0 saturated carbocycles. The number of carbonyl (C=O) groups excluding carboxylic acids is 2. The Morgan fingerprint density at radius 2 is 1.42 bits per heavy atom. The van der Waals surface area contributed by atoms with Crippen LogP contribution in [0.1, 0.15) is 6.92 Å². The van der Waals surface area contributed by atoms with Crippen LogP contribution in [0.15, 0.2) is 12.2 Å². The van der Waals surface area contributed by atoms with Gasteiger partial charge in [0.1, 0.15) is 0 Å². The Balaban J connectivity index is -0.000000115. The standard InChI is InChI=1S/C4H6O2.2CH3NO/c1-3(2)4(5)6;2*2-1-3/h1H2,2H3,(H,5,6);2*1H,(H2,2,3). The van der Waals surface area contributed by atoms with Crippen LogP contribution in [0.3, 0.4) is 0 Å². The van der Waals surface area contributed by atoms with Gasteiger partial charge in [0.15, 0.2) is 0 Å². The van der Waals surface area contributed by atoms with E-state index >= 15 is 0 Å². The molecule has 0 radical (unpaired) electrons. The summed E-state index contributed by atoms with van der Waals surface area (Å²) in [5, 5.41) is 7.89. The molecule has 0 heterocycles. The first-order valence-corrected chi connectivity index (χ1v) is 2.67. The summed E-state index contributed by atoms with van der Waals surface area (Å²) in [6.07, 6.45) is 0.500. The lowest BCUT2D eigenvalue weighted by atomic mass is 10.4. The Morgan fingerprint density at radius 1 is 1.33 bits per heavy atom. The van der Waals surface area contributed by atoms with E-state index in [0.717, 1.165) is 0 Å². The van der Waals surface area contributed by atoms with E-state index in [2.05, 4.69) is 18.0 Å². The molecule has 0 aliphatic rings. The zero-order chi connectivity index (χ0) is 10.6. The molecule has 0 aliphatic carbocycles. The Kier molecular flexibility index (Phi) is 22.3. The predicted octanol–water partition coefficient (Wildman–Crippen LogP) is -1.15. The monoisotopic (exact) mass is 176 g/mol. The minimum Gasteiger partial charge on any atom is -0.478 e. The molecular weight excluding hydrogens is 164 g/mol. The quantitative estimate of drug-likeness (QED) is 0.344. The zero-order valence-corrected chi connectivity index (χ0v) is 6.69. The second kappa shape index (κ2) is 16.1. The second-order valence-corrected chi connectivity index (χ2v) is 1.36. The maximum absolute atomic E-state index is 9.60. The molecule has 2 amide bonds. The molecule has 0 aromatic rings. The number of nitrogens with two attached hydrogens (primary N) is 2. The Bertz CT molecular complexity index is 138. The van der Waals surface area contributed by atoms with Crippen LogP contribution in [0.5, 0.6) is 0 Å². The van der Waals surface area contributed by atoms with Gasteiger partial charge in [-0.05, 0) is 6.92 Å². The number of hydrogen-bond acceptors (Lipinski definition) is 3. The summed E-state index contributed by atoms with van der Waals surface area (Å²) in [6, 6.07) is 0. The van der Waals surface area contributed by atoms with Crippen LogP contribution in [0, 0.1) is 0 Å². The van der Waals surface area contributed by atoms with Gasteiger partial charge >= 0.3 is 5.97 Å². The molecule has 0 aliphatic heterocycles. The highest BCUT2D eigenvalue weighted by Crippen LogP contribution is 1.81. The van der Waals surface area contributed by atoms with Crippen molar-refractivity contribution in [3.05, 3.63) is 12.2 Å². The Hall–Kier alpha value is -1.85. The lowest BCUT2D eigenvalue weighted by molar-refractivity contribution is -0.132. The lowest BCUT2D eigenvalue weighted by Crippen LogP contribution is -1.92. The topological polar surface area (TPSA) is 123 Å². The van der Waals surface area contributed by atoms with Crippen molar-refractivity contribution in [1.29, 1.82) is 0 Å². The van der Waals surface area contributed by atoms with Crippen molar-refractivity contribution in [3.8, 4) is 0 Å². The fraction of sp³-hybridized carbons (Fsp3) is 0.167. The number of carbonyl (C=O) groups is 3. The predicted molar refractivity (Wildman–Crippen MR) is 43.0 cm³/mol. The van der Waals surface area contributed by atoms with Crippen molar-refractivity contribution in [2.75, 3.05) is 0 Å². The summed E-state index contributed by atoms with van der Waals surface area (Å²) in [4.78, 5) is 26.8. The van der Waals surface area contributed by atoms with Crippen LogP contribution in [0.25, 0.3) is 0 Å². The van der Waals surface area contributed by atoms with E-state index in [1.54, 1.807) is 0 Å². The van der Waals surface area contributed by atoms with Gasteiger partial charge in [-0.3, -0.25) is 9.59 Å². The minimum absolute atomic E-state index is 0.176. The van der Waals surface area contributed by atoms with E-state index in [4.69, 9.17) is 14.7 Å². The highest BCUT2D eigenvalue weighted by atomic mass is 16.4. The van der Waals surface area contributed by atoms with E-state index in [-0.39, 0.29) is 18.4 Å². The minimum atomic E-state index is -0.935. The van der Waals surface area contributed by atoms with E-state index in [1.807, 2.05) is 0 Å². The molecule has 0 aromatic carbocycles. The van der Waals surface area contributed by atoms with Crippen molar-refractivity contribution in [3.63, 3.8) is 0 Å². The number of aliphatic carboxylic acids is 1. The van der Waals surface area contributed by atoms with Gasteiger partial charge in [0.25, 0.3) is 0 Å². The summed E-state index contributed by atoms with van der Waals surface area (Å²) < 4.78 is 0. The van der Waals surface area contributed by atoms with Crippen molar-refractivity contribution >= 4 is 18.8 Å². The van der Waals surface area contributed by atoms with Gasteiger partial charge in [-0.15, -0.1) is 0 Å². The fourth-order valence-corrected chi connectivity index (χ4v) is 0. The summed E-state index contributed by atoms with van der Waals surface area (Å²) in [6.45, 7) is 4.60. The first kappa shape index (κ1) is 16.6. The maximum atomic E-state index is 9.60. The lowest BCUT2D eigenvalue weighted by Gasteiger charge is -1.79. The fourth-order valence-electron chi connectivity index (χ4n) is 0. The largest absolute Gasteiger partial charge is 0.478 e. The molecule has 0 rings (SSSR count). The molecule has 0 bridgehead atoms. The van der Waals surface area contributed by atoms with Gasteiger partial charge < -0.3 is 16.6 Å². The number of carboxylic acid groups (broad SMARTS) is 1. The third kappa shape index (κ3) is 90.1. The zero-order valence-electron chi connectivity index (χ0n) is 6.69. The average molecular weight is 176 g/mol. The molecule has 0 unspecified atom stereocenters. The van der Waals surface area contributed by atoms with Gasteiger partial charge in [-0.2, -0.15) is 0 Å². The summed E-state index contributed by atoms with van der Waals surface area (Å²) in [5.41, 5.74) is 8.51. The van der Waals surface area contributed by atoms with E-state index in [0.29, 0.717) is 0 Å². The van der Waals surface area contributed by atoms with Crippen molar-refractivity contribution in [2.45, 2.75) is 6.92 Å². The number of carboxylic acids is 1.